The number of hydrogen-bond donors (Lipinski definition) is 3. The summed E-state index contributed by atoms with van der Waals surface area (Å²) in [6, 6.07) is 3.54. The standard InChI is InChI=1S/C13H17BrFN3O2/c1-8(2)3-6-12(19)17-18-13(20)16-11-5-4-9(14)7-10(11)15/h4-5,7-8H,3,6H2,1-2H3,(H,17,19)(H2,16,18,20). The highest BCUT2D eigenvalue weighted by molar-refractivity contribution is 9.10. The van der Waals surface area contributed by atoms with Gasteiger partial charge in [-0.3, -0.25) is 10.2 Å². The molecule has 110 valence electrons. The number of hydrogen-bond acceptors (Lipinski definition) is 2. The second kappa shape index (κ2) is 7.84. The van der Waals surface area contributed by atoms with Gasteiger partial charge in [-0.25, -0.2) is 14.6 Å². The first-order chi connectivity index (χ1) is 9.38. The van der Waals surface area contributed by atoms with E-state index < -0.39 is 11.8 Å². The molecule has 0 saturated heterocycles. The Morgan fingerprint density at radius 3 is 2.60 bits per heavy atom. The van der Waals surface area contributed by atoms with Gasteiger partial charge in [0.15, 0.2) is 0 Å². The smallest absolute Gasteiger partial charge is 0.304 e. The van der Waals surface area contributed by atoms with Crippen LogP contribution in [0.2, 0.25) is 0 Å². The van der Waals surface area contributed by atoms with E-state index in [9.17, 15) is 14.0 Å². The van der Waals surface area contributed by atoms with Crippen LogP contribution in [0.1, 0.15) is 26.7 Å². The Balaban J connectivity index is 2.38. The number of rotatable bonds is 4. The summed E-state index contributed by atoms with van der Waals surface area (Å²) in [4.78, 5) is 22.9. The SMILES string of the molecule is CC(C)CCC(=O)NNC(=O)Nc1ccc(Br)cc1F. The number of halogens is 2. The lowest BCUT2D eigenvalue weighted by Gasteiger charge is -2.10. The molecule has 0 aliphatic rings. The van der Waals surface area contributed by atoms with Crippen LogP contribution < -0.4 is 16.2 Å². The molecule has 1 aromatic rings. The molecule has 1 aromatic carbocycles. The van der Waals surface area contributed by atoms with Crippen molar-refractivity contribution in [2.24, 2.45) is 5.92 Å². The molecule has 0 radical (unpaired) electrons. The topological polar surface area (TPSA) is 70.2 Å². The summed E-state index contributed by atoms with van der Waals surface area (Å²) in [6.07, 6.45) is 1.06. The highest BCUT2D eigenvalue weighted by Gasteiger charge is 2.08. The maximum Gasteiger partial charge on any atom is 0.338 e. The number of nitrogens with one attached hydrogen (secondary N) is 3. The Kier molecular flexibility index (Phi) is 6.44. The molecular formula is C13H17BrFN3O2. The molecule has 0 unspecified atom stereocenters. The van der Waals surface area contributed by atoms with E-state index in [2.05, 4.69) is 32.1 Å². The van der Waals surface area contributed by atoms with Crippen molar-refractivity contribution in [2.75, 3.05) is 5.32 Å². The van der Waals surface area contributed by atoms with Gasteiger partial charge in [0.2, 0.25) is 5.91 Å². The zero-order valence-corrected chi connectivity index (χ0v) is 12.9. The quantitative estimate of drug-likeness (QED) is 0.733. The molecule has 0 saturated carbocycles. The molecule has 5 nitrogen and oxygen atoms in total. The first-order valence-corrected chi connectivity index (χ1v) is 6.98. The maximum absolute atomic E-state index is 13.5. The molecule has 0 spiro atoms. The summed E-state index contributed by atoms with van der Waals surface area (Å²) in [5, 5.41) is 2.30. The van der Waals surface area contributed by atoms with Crippen molar-refractivity contribution in [3.05, 3.63) is 28.5 Å². The summed E-state index contributed by atoms with van der Waals surface area (Å²) in [7, 11) is 0. The average Bonchev–Trinajstić information content (AvgIpc) is 2.37. The Hall–Kier alpha value is -1.63. The van der Waals surface area contributed by atoms with E-state index in [0.717, 1.165) is 6.42 Å². The van der Waals surface area contributed by atoms with Gasteiger partial charge < -0.3 is 5.32 Å². The van der Waals surface area contributed by atoms with Gasteiger partial charge in [0.25, 0.3) is 0 Å². The van der Waals surface area contributed by atoms with Gasteiger partial charge in [0.05, 0.1) is 5.69 Å². The van der Waals surface area contributed by atoms with Crippen LogP contribution in [-0.4, -0.2) is 11.9 Å². The molecular weight excluding hydrogens is 329 g/mol. The lowest BCUT2D eigenvalue weighted by molar-refractivity contribution is -0.122. The number of amides is 3. The fraction of sp³-hybridized carbons (Fsp3) is 0.385. The number of hydrazine groups is 1. The first kappa shape index (κ1) is 16.4. The summed E-state index contributed by atoms with van der Waals surface area (Å²) < 4.78 is 14.0. The largest absolute Gasteiger partial charge is 0.338 e. The van der Waals surface area contributed by atoms with Crippen LogP contribution in [0.25, 0.3) is 0 Å². The van der Waals surface area contributed by atoms with Crippen LogP contribution in [0.3, 0.4) is 0 Å². The van der Waals surface area contributed by atoms with Crippen molar-refractivity contribution < 1.29 is 14.0 Å². The fourth-order valence-corrected chi connectivity index (χ4v) is 1.69. The van der Waals surface area contributed by atoms with Crippen LogP contribution in [0.15, 0.2) is 22.7 Å². The first-order valence-electron chi connectivity index (χ1n) is 6.19. The third-order valence-corrected chi connectivity index (χ3v) is 2.94. The third kappa shape index (κ3) is 6.01. The average molecular weight is 346 g/mol. The molecule has 0 aromatic heterocycles. The Labute approximate surface area is 125 Å². The van der Waals surface area contributed by atoms with Gasteiger partial charge in [0, 0.05) is 10.9 Å². The summed E-state index contributed by atoms with van der Waals surface area (Å²) in [5.74, 6) is -0.447. The van der Waals surface area contributed by atoms with Crippen LogP contribution in [0, 0.1) is 11.7 Å². The molecule has 0 aliphatic heterocycles. The van der Waals surface area contributed by atoms with E-state index in [1.807, 2.05) is 13.8 Å². The van der Waals surface area contributed by atoms with Crippen molar-refractivity contribution in [3.63, 3.8) is 0 Å². The number of anilines is 1. The molecule has 0 bridgehead atoms. The van der Waals surface area contributed by atoms with E-state index in [0.29, 0.717) is 16.8 Å². The molecule has 3 N–H and O–H groups in total. The highest BCUT2D eigenvalue weighted by atomic mass is 79.9. The maximum atomic E-state index is 13.5. The molecule has 20 heavy (non-hydrogen) atoms. The number of benzene rings is 1. The van der Waals surface area contributed by atoms with Gasteiger partial charge >= 0.3 is 6.03 Å². The van der Waals surface area contributed by atoms with Crippen molar-refractivity contribution in [3.8, 4) is 0 Å². The minimum atomic E-state index is -0.705. The minimum absolute atomic E-state index is 0.0297. The second-order valence-electron chi connectivity index (χ2n) is 4.68. The number of urea groups is 1. The molecule has 0 heterocycles. The fourth-order valence-electron chi connectivity index (χ4n) is 1.35. The van der Waals surface area contributed by atoms with Crippen LogP contribution in [-0.2, 0) is 4.79 Å². The van der Waals surface area contributed by atoms with Crippen molar-refractivity contribution in [1.82, 2.24) is 10.9 Å². The molecule has 7 heteroatoms. The minimum Gasteiger partial charge on any atom is -0.304 e. The Morgan fingerprint density at radius 1 is 1.30 bits per heavy atom. The number of carbonyl (C=O) groups is 2. The lowest BCUT2D eigenvalue weighted by Crippen LogP contribution is -2.44. The van der Waals surface area contributed by atoms with E-state index >= 15 is 0 Å². The molecule has 1 rings (SSSR count). The van der Waals surface area contributed by atoms with Crippen LogP contribution in [0.4, 0.5) is 14.9 Å². The predicted octanol–water partition coefficient (Wildman–Crippen LogP) is 3.18. The van der Waals surface area contributed by atoms with Gasteiger partial charge in [-0.1, -0.05) is 29.8 Å². The zero-order chi connectivity index (χ0) is 15.1. The van der Waals surface area contributed by atoms with Gasteiger partial charge in [-0.05, 0) is 30.5 Å². The predicted molar refractivity (Wildman–Crippen MR) is 78.5 cm³/mol. The van der Waals surface area contributed by atoms with Crippen LogP contribution >= 0.6 is 15.9 Å². The van der Waals surface area contributed by atoms with E-state index in [-0.39, 0.29) is 11.6 Å². The van der Waals surface area contributed by atoms with Gasteiger partial charge in [-0.2, -0.15) is 0 Å². The van der Waals surface area contributed by atoms with Gasteiger partial charge in [-0.15, -0.1) is 0 Å². The van der Waals surface area contributed by atoms with Crippen molar-refractivity contribution in [1.29, 1.82) is 0 Å². The lowest BCUT2D eigenvalue weighted by atomic mass is 10.1. The third-order valence-electron chi connectivity index (χ3n) is 2.44. The number of carbonyl (C=O) groups excluding carboxylic acids is 2. The van der Waals surface area contributed by atoms with E-state index in [4.69, 9.17) is 0 Å². The van der Waals surface area contributed by atoms with E-state index in [1.54, 1.807) is 6.07 Å². The second-order valence-corrected chi connectivity index (χ2v) is 5.60. The van der Waals surface area contributed by atoms with Crippen molar-refractivity contribution >= 4 is 33.6 Å². The summed E-state index contributed by atoms with van der Waals surface area (Å²) in [6.45, 7) is 4.01. The monoisotopic (exact) mass is 345 g/mol. The molecule has 0 fully saturated rings. The van der Waals surface area contributed by atoms with E-state index in [1.165, 1.54) is 12.1 Å². The Morgan fingerprint density at radius 2 is 2.00 bits per heavy atom. The summed E-state index contributed by atoms with van der Waals surface area (Å²) in [5.41, 5.74) is 4.45. The van der Waals surface area contributed by atoms with Crippen molar-refractivity contribution in [2.45, 2.75) is 26.7 Å². The zero-order valence-electron chi connectivity index (χ0n) is 11.3. The van der Waals surface area contributed by atoms with Crippen LogP contribution in [0.5, 0.6) is 0 Å². The normalized spacial score (nSPS) is 10.2. The Bertz CT molecular complexity index is 495. The van der Waals surface area contributed by atoms with Gasteiger partial charge in [0.1, 0.15) is 5.82 Å². The molecule has 3 amide bonds. The highest BCUT2D eigenvalue weighted by Crippen LogP contribution is 2.18. The molecule has 0 atom stereocenters. The molecule has 0 aliphatic carbocycles. The summed E-state index contributed by atoms with van der Waals surface area (Å²) >= 11 is 3.12.